The van der Waals surface area contributed by atoms with Gasteiger partial charge < -0.3 is 14.5 Å². The van der Waals surface area contributed by atoms with Gasteiger partial charge in [0.2, 0.25) is 5.91 Å². The van der Waals surface area contributed by atoms with Crippen molar-refractivity contribution in [3.8, 4) is 11.5 Å². The van der Waals surface area contributed by atoms with Gasteiger partial charge in [-0.25, -0.2) is 4.99 Å². The van der Waals surface area contributed by atoms with E-state index in [1.165, 1.54) is 0 Å². The molecule has 0 aliphatic carbocycles. The van der Waals surface area contributed by atoms with Gasteiger partial charge in [0, 0.05) is 33.1 Å². The fourth-order valence-corrected chi connectivity index (χ4v) is 3.14. The van der Waals surface area contributed by atoms with Crippen LogP contribution in [-0.2, 0) is 4.79 Å². The van der Waals surface area contributed by atoms with E-state index >= 15 is 0 Å². The summed E-state index contributed by atoms with van der Waals surface area (Å²) >= 11 is 0. The molecule has 1 fully saturated rings. The zero-order chi connectivity index (χ0) is 16.5. The van der Waals surface area contributed by atoms with Crippen molar-refractivity contribution in [2.75, 3.05) is 26.2 Å². The molecule has 0 aromatic heterocycles. The van der Waals surface area contributed by atoms with Crippen LogP contribution < -0.4 is 4.74 Å². The van der Waals surface area contributed by atoms with Crippen molar-refractivity contribution >= 4 is 17.4 Å². The number of piperazine rings is 1. The van der Waals surface area contributed by atoms with Crippen molar-refractivity contribution in [3.05, 3.63) is 54.1 Å². The van der Waals surface area contributed by atoms with Crippen molar-refractivity contribution in [1.82, 2.24) is 9.80 Å². The first kappa shape index (κ1) is 14.8. The molecule has 0 radical (unpaired) electrons. The maximum Gasteiger partial charge on any atom is 0.219 e. The third kappa shape index (κ3) is 2.62. The van der Waals surface area contributed by atoms with Crippen LogP contribution in [0.15, 0.2) is 53.5 Å². The fourth-order valence-electron chi connectivity index (χ4n) is 3.14. The van der Waals surface area contributed by atoms with Crippen LogP contribution in [-0.4, -0.2) is 47.7 Å². The monoisotopic (exact) mass is 321 g/mol. The van der Waals surface area contributed by atoms with Crippen LogP contribution in [0, 0.1) is 0 Å². The number of nitrogens with zero attached hydrogens (tertiary/aromatic N) is 3. The second-order valence-electron chi connectivity index (χ2n) is 5.99. The summed E-state index contributed by atoms with van der Waals surface area (Å²) in [6.07, 6.45) is 0. The molecule has 5 heteroatoms. The van der Waals surface area contributed by atoms with E-state index in [9.17, 15) is 4.79 Å². The third-order valence-corrected chi connectivity index (χ3v) is 4.46. The summed E-state index contributed by atoms with van der Waals surface area (Å²) in [5, 5.41) is 0. The number of benzene rings is 2. The molecule has 4 rings (SSSR count). The molecule has 0 saturated carbocycles. The van der Waals surface area contributed by atoms with Crippen molar-refractivity contribution < 1.29 is 9.53 Å². The number of para-hydroxylation sites is 3. The minimum absolute atomic E-state index is 0.131. The van der Waals surface area contributed by atoms with E-state index < -0.39 is 0 Å². The van der Waals surface area contributed by atoms with Crippen molar-refractivity contribution in [2.24, 2.45) is 4.99 Å². The minimum Gasteiger partial charge on any atom is -0.454 e. The number of amidine groups is 1. The Morgan fingerprint density at radius 3 is 2.38 bits per heavy atom. The van der Waals surface area contributed by atoms with Crippen LogP contribution in [0.2, 0.25) is 0 Å². The van der Waals surface area contributed by atoms with E-state index in [1.54, 1.807) is 6.92 Å². The van der Waals surface area contributed by atoms with E-state index in [0.717, 1.165) is 54.8 Å². The minimum atomic E-state index is 0.131. The molecule has 2 aromatic rings. The maximum atomic E-state index is 11.6. The fraction of sp³-hybridized carbons (Fsp3) is 0.263. The van der Waals surface area contributed by atoms with E-state index in [4.69, 9.17) is 9.73 Å². The first-order valence-corrected chi connectivity index (χ1v) is 8.18. The van der Waals surface area contributed by atoms with Crippen LogP contribution >= 0.6 is 0 Å². The zero-order valence-electron chi connectivity index (χ0n) is 13.6. The second kappa shape index (κ2) is 6.00. The molecule has 0 atom stereocenters. The summed E-state index contributed by atoms with van der Waals surface area (Å²) in [5.41, 5.74) is 1.82. The molecule has 2 aliphatic rings. The number of aliphatic imine (C=N–C) groups is 1. The Kier molecular flexibility index (Phi) is 3.69. The molecule has 2 aromatic carbocycles. The predicted octanol–water partition coefficient (Wildman–Crippen LogP) is 3.03. The average molecular weight is 321 g/mol. The lowest BCUT2D eigenvalue weighted by Gasteiger charge is -2.36. The predicted molar refractivity (Wildman–Crippen MR) is 93.0 cm³/mol. The Morgan fingerprint density at radius 2 is 1.62 bits per heavy atom. The average Bonchev–Trinajstić information content (AvgIpc) is 2.78. The molecule has 24 heavy (non-hydrogen) atoms. The first-order valence-electron chi connectivity index (χ1n) is 8.18. The lowest BCUT2D eigenvalue weighted by molar-refractivity contribution is -0.130. The van der Waals surface area contributed by atoms with Crippen LogP contribution in [0.5, 0.6) is 11.5 Å². The van der Waals surface area contributed by atoms with Crippen LogP contribution in [0.4, 0.5) is 5.69 Å². The Balaban J connectivity index is 1.73. The number of carbonyl (C=O) groups is 1. The molecule has 0 bridgehead atoms. The molecule has 1 saturated heterocycles. The van der Waals surface area contributed by atoms with Gasteiger partial charge in [0.25, 0.3) is 0 Å². The summed E-state index contributed by atoms with van der Waals surface area (Å²) in [6.45, 7) is 4.61. The first-order chi connectivity index (χ1) is 11.7. The highest BCUT2D eigenvalue weighted by atomic mass is 16.5. The highest BCUT2D eigenvalue weighted by Gasteiger charge is 2.26. The van der Waals surface area contributed by atoms with Gasteiger partial charge in [-0.1, -0.05) is 24.3 Å². The number of fused-ring (bicyclic) bond motifs is 2. The molecule has 122 valence electrons. The summed E-state index contributed by atoms with van der Waals surface area (Å²) < 4.78 is 6.08. The molecule has 0 N–H and O–H groups in total. The van der Waals surface area contributed by atoms with E-state index in [0.29, 0.717) is 0 Å². The molecular formula is C19H19N3O2. The summed E-state index contributed by atoms with van der Waals surface area (Å²) in [6, 6.07) is 15.8. The smallest absolute Gasteiger partial charge is 0.219 e. The highest BCUT2D eigenvalue weighted by Crippen LogP contribution is 2.37. The van der Waals surface area contributed by atoms with E-state index in [2.05, 4.69) is 4.90 Å². The number of ether oxygens (including phenoxy) is 1. The Hall–Kier alpha value is -2.82. The van der Waals surface area contributed by atoms with Gasteiger partial charge in [0.05, 0.1) is 5.56 Å². The standard InChI is InChI=1S/C19H19N3O2/c1-14(23)21-10-12-22(13-11-21)19-15-6-2-4-8-17(15)24-18-9-5-3-7-16(18)20-19/h2-9H,10-13H2,1H3. The molecule has 1 amide bonds. The Bertz CT molecular complexity index is 808. The quantitative estimate of drug-likeness (QED) is 0.749. The zero-order valence-corrected chi connectivity index (χ0v) is 13.6. The number of hydrogen-bond acceptors (Lipinski definition) is 4. The number of hydrogen-bond donors (Lipinski definition) is 0. The lowest BCUT2D eigenvalue weighted by Crippen LogP contribution is -2.50. The van der Waals surface area contributed by atoms with Crippen molar-refractivity contribution in [1.29, 1.82) is 0 Å². The molecule has 5 nitrogen and oxygen atoms in total. The number of carbonyl (C=O) groups excluding carboxylic acids is 1. The van der Waals surface area contributed by atoms with Gasteiger partial charge in [0.1, 0.15) is 17.3 Å². The normalized spacial score (nSPS) is 16.5. The van der Waals surface area contributed by atoms with E-state index in [-0.39, 0.29) is 5.91 Å². The summed E-state index contributed by atoms with van der Waals surface area (Å²) in [5.74, 6) is 2.63. The SMILES string of the molecule is CC(=O)N1CCN(C2=Nc3ccccc3Oc3ccccc32)CC1. The van der Waals surface area contributed by atoms with Crippen molar-refractivity contribution in [3.63, 3.8) is 0 Å². The van der Waals surface area contributed by atoms with E-state index in [1.807, 2.05) is 53.4 Å². The van der Waals surface area contributed by atoms with Gasteiger partial charge in [-0.05, 0) is 24.3 Å². The maximum absolute atomic E-state index is 11.6. The van der Waals surface area contributed by atoms with Gasteiger partial charge >= 0.3 is 0 Å². The molecule has 0 spiro atoms. The van der Waals surface area contributed by atoms with Crippen molar-refractivity contribution in [2.45, 2.75) is 6.92 Å². The van der Waals surface area contributed by atoms with Gasteiger partial charge in [-0.15, -0.1) is 0 Å². The molecule has 0 unspecified atom stereocenters. The molecule has 2 heterocycles. The van der Waals surface area contributed by atoms with Gasteiger partial charge in [0.15, 0.2) is 5.75 Å². The molecule has 2 aliphatic heterocycles. The topological polar surface area (TPSA) is 45.1 Å². The third-order valence-electron chi connectivity index (χ3n) is 4.46. The van der Waals surface area contributed by atoms with Crippen LogP contribution in [0.1, 0.15) is 12.5 Å². The summed E-state index contributed by atoms with van der Waals surface area (Å²) in [4.78, 5) is 20.6. The Labute approximate surface area is 141 Å². The largest absolute Gasteiger partial charge is 0.454 e. The number of amides is 1. The van der Waals surface area contributed by atoms with Gasteiger partial charge in [-0.2, -0.15) is 0 Å². The summed E-state index contributed by atoms with van der Waals surface area (Å²) in [7, 11) is 0. The Morgan fingerprint density at radius 1 is 0.958 bits per heavy atom. The lowest BCUT2D eigenvalue weighted by atomic mass is 10.1. The van der Waals surface area contributed by atoms with Crippen LogP contribution in [0.3, 0.4) is 0 Å². The van der Waals surface area contributed by atoms with Crippen LogP contribution in [0.25, 0.3) is 0 Å². The van der Waals surface area contributed by atoms with Gasteiger partial charge in [-0.3, -0.25) is 4.79 Å². The second-order valence-corrected chi connectivity index (χ2v) is 5.99. The highest BCUT2D eigenvalue weighted by molar-refractivity contribution is 6.03. The molecular weight excluding hydrogens is 302 g/mol. The number of rotatable bonds is 0.